The first kappa shape index (κ1) is 13.8. The Bertz CT molecular complexity index is 382. The molecule has 1 aromatic rings. The molecule has 0 bridgehead atoms. The second kappa shape index (κ2) is 6.45. The smallest absolute Gasteiger partial charge is 0.216 e. The Morgan fingerprint density at radius 2 is 2.06 bits per heavy atom. The van der Waals surface area contributed by atoms with Crippen LogP contribution in [0.1, 0.15) is 30.8 Å². The van der Waals surface area contributed by atoms with Gasteiger partial charge in [0.05, 0.1) is 0 Å². The molecule has 1 amide bonds. The molecule has 17 heavy (non-hydrogen) atoms. The van der Waals surface area contributed by atoms with Gasteiger partial charge in [-0.1, -0.05) is 0 Å². The zero-order valence-corrected chi connectivity index (χ0v) is 11.3. The van der Waals surface area contributed by atoms with E-state index in [4.69, 9.17) is 0 Å². The van der Waals surface area contributed by atoms with Gasteiger partial charge >= 0.3 is 0 Å². The van der Waals surface area contributed by atoms with Crippen molar-refractivity contribution in [1.82, 2.24) is 15.2 Å². The molecule has 0 saturated heterocycles. The Morgan fingerprint density at radius 3 is 2.59 bits per heavy atom. The van der Waals surface area contributed by atoms with Crippen LogP contribution in [0.2, 0.25) is 0 Å². The molecule has 4 nitrogen and oxygen atoms in total. The van der Waals surface area contributed by atoms with Gasteiger partial charge in [-0.05, 0) is 32.4 Å². The zero-order chi connectivity index (χ0) is 12.8. The minimum absolute atomic E-state index is 0.0240. The number of aryl methyl sites for hydroxylation is 1. The lowest BCUT2D eigenvalue weighted by Crippen LogP contribution is -2.29. The lowest BCUT2D eigenvalue weighted by molar-refractivity contribution is -0.118. The van der Waals surface area contributed by atoms with Crippen molar-refractivity contribution in [3.63, 3.8) is 0 Å². The summed E-state index contributed by atoms with van der Waals surface area (Å²) in [4.78, 5) is 10.7. The molecule has 0 fully saturated rings. The van der Waals surface area contributed by atoms with E-state index in [0.29, 0.717) is 6.54 Å². The Kier molecular flexibility index (Phi) is 5.22. The van der Waals surface area contributed by atoms with Crippen LogP contribution in [0.25, 0.3) is 0 Å². The van der Waals surface area contributed by atoms with Gasteiger partial charge in [0.25, 0.3) is 0 Å². The van der Waals surface area contributed by atoms with Gasteiger partial charge in [-0.25, -0.2) is 0 Å². The van der Waals surface area contributed by atoms with Crippen LogP contribution in [0.3, 0.4) is 0 Å². The van der Waals surface area contributed by atoms with Crippen LogP contribution < -0.4 is 10.6 Å². The number of rotatable bonds is 6. The lowest BCUT2D eigenvalue weighted by atomic mass is 10.2. The molecule has 2 N–H and O–H groups in total. The van der Waals surface area contributed by atoms with Gasteiger partial charge in [0.2, 0.25) is 5.91 Å². The predicted molar refractivity (Wildman–Crippen MR) is 70.0 cm³/mol. The molecular formula is C13H23N3O. The summed E-state index contributed by atoms with van der Waals surface area (Å²) < 4.78 is 2.31. The van der Waals surface area contributed by atoms with Gasteiger partial charge in [-0.15, -0.1) is 0 Å². The van der Waals surface area contributed by atoms with Crippen molar-refractivity contribution < 1.29 is 4.79 Å². The summed E-state index contributed by atoms with van der Waals surface area (Å²) in [5.41, 5.74) is 3.98. The maximum atomic E-state index is 10.7. The van der Waals surface area contributed by atoms with Crippen LogP contribution in [-0.2, 0) is 17.9 Å². The molecule has 96 valence electrons. The van der Waals surface area contributed by atoms with E-state index < -0.39 is 0 Å². The fourth-order valence-corrected chi connectivity index (χ4v) is 2.09. The average Bonchev–Trinajstić information content (AvgIpc) is 2.53. The van der Waals surface area contributed by atoms with E-state index in [1.165, 1.54) is 23.9 Å². The van der Waals surface area contributed by atoms with Gasteiger partial charge < -0.3 is 15.2 Å². The Hall–Kier alpha value is -1.29. The number of nitrogens with one attached hydrogen (secondary N) is 2. The monoisotopic (exact) mass is 237 g/mol. The Labute approximate surface area is 103 Å². The van der Waals surface area contributed by atoms with Crippen LogP contribution >= 0.6 is 0 Å². The maximum absolute atomic E-state index is 10.7. The number of amides is 1. The van der Waals surface area contributed by atoms with Crippen LogP contribution in [0, 0.1) is 13.8 Å². The van der Waals surface area contributed by atoms with Gasteiger partial charge in [0.15, 0.2) is 0 Å². The summed E-state index contributed by atoms with van der Waals surface area (Å²) in [6, 6.07) is 2.23. The highest BCUT2D eigenvalue weighted by molar-refractivity contribution is 5.72. The lowest BCUT2D eigenvalue weighted by Gasteiger charge is -2.07. The Balaban J connectivity index is 2.39. The normalized spacial score (nSPS) is 10.6. The minimum Gasteiger partial charge on any atom is -0.355 e. The summed E-state index contributed by atoms with van der Waals surface area (Å²) in [6.07, 6.45) is 0. The largest absolute Gasteiger partial charge is 0.355 e. The summed E-state index contributed by atoms with van der Waals surface area (Å²) in [5, 5.41) is 6.10. The first-order chi connectivity index (χ1) is 8.06. The highest BCUT2D eigenvalue weighted by Gasteiger charge is 2.06. The zero-order valence-electron chi connectivity index (χ0n) is 11.3. The number of aromatic nitrogens is 1. The molecule has 0 atom stereocenters. The number of hydrogen-bond donors (Lipinski definition) is 2. The molecule has 0 unspecified atom stereocenters. The van der Waals surface area contributed by atoms with Crippen molar-refractivity contribution in [3.8, 4) is 0 Å². The van der Waals surface area contributed by atoms with Crippen LogP contribution in [0.5, 0.6) is 0 Å². The molecule has 0 aliphatic heterocycles. The van der Waals surface area contributed by atoms with Gasteiger partial charge in [0.1, 0.15) is 0 Å². The molecule has 0 aliphatic carbocycles. The van der Waals surface area contributed by atoms with Crippen molar-refractivity contribution in [1.29, 1.82) is 0 Å². The molecule has 0 saturated carbocycles. The van der Waals surface area contributed by atoms with Crippen LogP contribution in [0.15, 0.2) is 6.07 Å². The average molecular weight is 237 g/mol. The highest BCUT2D eigenvalue weighted by Crippen LogP contribution is 2.14. The summed E-state index contributed by atoms with van der Waals surface area (Å²) in [7, 11) is 0. The van der Waals surface area contributed by atoms with E-state index in [2.05, 4.69) is 42.0 Å². The molecular weight excluding hydrogens is 214 g/mol. The van der Waals surface area contributed by atoms with E-state index in [1.807, 2.05) is 0 Å². The minimum atomic E-state index is 0.0240. The third-order valence-electron chi connectivity index (χ3n) is 2.99. The highest BCUT2D eigenvalue weighted by atomic mass is 16.1. The summed E-state index contributed by atoms with van der Waals surface area (Å²) in [6.45, 7) is 11.3. The summed E-state index contributed by atoms with van der Waals surface area (Å²) >= 11 is 0. The molecule has 4 heteroatoms. The Morgan fingerprint density at radius 1 is 1.35 bits per heavy atom. The van der Waals surface area contributed by atoms with E-state index in [1.54, 1.807) is 0 Å². The molecule has 0 aromatic carbocycles. The van der Waals surface area contributed by atoms with Gasteiger partial charge in [-0.3, -0.25) is 4.79 Å². The fraction of sp³-hybridized carbons (Fsp3) is 0.615. The molecule has 1 heterocycles. The quantitative estimate of drug-likeness (QED) is 0.734. The van der Waals surface area contributed by atoms with E-state index in [0.717, 1.165) is 19.6 Å². The number of hydrogen-bond acceptors (Lipinski definition) is 2. The molecule has 0 radical (unpaired) electrons. The third kappa shape index (κ3) is 3.89. The molecule has 1 aromatic heterocycles. The first-order valence-electron chi connectivity index (χ1n) is 6.17. The van der Waals surface area contributed by atoms with E-state index >= 15 is 0 Å². The second-order valence-electron chi connectivity index (χ2n) is 4.30. The van der Waals surface area contributed by atoms with Crippen LogP contribution in [0.4, 0.5) is 0 Å². The molecule has 1 rings (SSSR count). The van der Waals surface area contributed by atoms with Crippen LogP contribution in [-0.4, -0.2) is 23.6 Å². The van der Waals surface area contributed by atoms with E-state index in [-0.39, 0.29) is 5.91 Å². The third-order valence-corrected chi connectivity index (χ3v) is 2.99. The number of carbonyl (C=O) groups is 1. The second-order valence-corrected chi connectivity index (χ2v) is 4.30. The fourth-order valence-electron chi connectivity index (χ4n) is 2.09. The van der Waals surface area contributed by atoms with Crippen molar-refractivity contribution in [2.45, 2.75) is 40.8 Å². The SMILES string of the molecule is CCn1c(C)cc(CNCCNC(C)=O)c1C. The number of nitrogens with zero attached hydrogens (tertiary/aromatic N) is 1. The first-order valence-corrected chi connectivity index (χ1v) is 6.17. The van der Waals surface area contributed by atoms with Crippen molar-refractivity contribution in [2.24, 2.45) is 0 Å². The maximum Gasteiger partial charge on any atom is 0.216 e. The number of carbonyl (C=O) groups excluding carboxylic acids is 1. The van der Waals surface area contributed by atoms with Crippen molar-refractivity contribution in [2.75, 3.05) is 13.1 Å². The standard InChI is InChI=1S/C13H23N3O/c1-5-16-10(2)8-13(11(16)3)9-14-6-7-15-12(4)17/h8,14H,5-7,9H2,1-4H3,(H,15,17). The van der Waals surface area contributed by atoms with Crippen molar-refractivity contribution >= 4 is 5.91 Å². The predicted octanol–water partition coefficient (Wildman–Crippen LogP) is 1.35. The topological polar surface area (TPSA) is 46.1 Å². The van der Waals surface area contributed by atoms with Gasteiger partial charge in [0, 0.05) is 44.5 Å². The van der Waals surface area contributed by atoms with Gasteiger partial charge in [-0.2, -0.15) is 0 Å². The van der Waals surface area contributed by atoms with E-state index in [9.17, 15) is 4.79 Å². The molecule has 0 aliphatic rings. The summed E-state index contributed by atoms with van der Waals surface area (Å²) in [5.74, 6) is 0.0240. The molecule has 0 spiro atoms. The van der Waals surface area contributed by atoms with Crippen molar-refractivity contribution in [3.05, 3.63) is 23.0 Å².